The minimum Gasteiger partial charge on any atom is -0.0622 e. The fourth-order valence-electron chi connectivity index (χ4n) is 5.54. The lowest BCUT2D eigenvalue weighted by Crippen LogP contribution is -2.33. The zero-order valence-corrected chi connectivity index (χ0v) is 11.2. The zero-order valence-electron chi connectivity index (χ0n) is 11.2. The van der Waals surface area contributed by atoms with Crippen LogP contribution in [0.3, 0.4) is 0 Å². The van der Waals surface area contributed by atoms with Gasteiger partial charge >= 0.3 is 0 Å². The summed E-state index contributed by atoms with van der Waals surface area (Å²) >= 11 is 0. The first kappa shape index (κ1) is 11.1. The Morgan fingerprint density at radius 3 is 1.94 bits per heavy atom. The van der Waals surface area contributed by atoms with Gasteiger partial charge in [-0.15, -0.1) is 0 Å². The van der Waals surface area contributed by atoms with E-state index in [2.05, 4.69) is 30.3 Å². The highest BCUT2D eigenvalue weighted by atomic mass is 14.5. The van der Waals surface area contributed by atoms with Crippen molar-refractivity contribution in [2.24, 2.45) is 23.7 Å². The van der Waals surface area contributed by atoms with E-state index in [1.807, 2.05) is 0 Å². The van der Waals surface area contributed by atoms with Crippen molar-refractivity contribution in [1.82, 2.24) is 0 Å². The Labute approximate surface area is 111 Å². The predicted molar refractivity (Wildman–Crippen MR) is 75.5 cm³/mol. The normalized spacial score (nSPS) is 42.6. The Morgan fingerprint density at radius 1 is 0.722 bits per heavy atom. The lowest BCUT2D eigenvalue weighted by atomic mass is 9.62. The van der Waals surface area contributed by atoms with Gasteiger partial charge in [-0.2, -0.15) is 0 Å². The first-order chi connectivity index (χ1) is 8.93. The summed E-state index contributed by atoms with van der Waals surface area (Å²) in [6.07, 6.45) is 10.6. The fraction of sp³-hybridized carbons (Fsp3) is 0.667. The molecule has 18 heavy (non-hydrogen) atoms. The Kier molecular flexibility index (Phi) is 2.71. The summed E-state index contributed by atoms with van der Waals surface area (Å²) in [4.78, 5) is 0. The van der Waals surface area contributed by atoms with Crippen molar-refractivity contribution in [3.63, 3.8) is 0 Å². The highest BCUT2D eigenvalue weighted by molar-refractivity contribution is 5.24. The monoisotopic (exact) mass is 240 g/mol. The molecule has 0 aliphatic heterocycles. The minimum atomic E-state index is 0.903. The zero-order chi connectivity index (χ0) is 11.9. The third-order valence-corrected chi connectivity index (χ3v) is 6.15. The third kappa shape index (κ3) is 1.65. The van der Waals surface area contributed by atoms with Gasteiger partial charge in [-0.1, -0.05) is 56.0 Å². The second kappa shape index (κ2) is 4.40. The van der Waals surface area contributed by atoms with Crippen LogP contribution in [-0.4, -0.2) is 0 Å². The highest BCUT2D eigenvalue weighted by Gasteiger charge is 2.47. The molecule has 0 aromatic heterocycles. The van der Waals surface area contributed by atoms with E-state index in [0.29, 0.717) is 0 Å². The van der Waals surface area contributed by atoms with Gasteiger partial charge in [0.1, 0.15) is 0 Å². The number of fused-ring (bicyclic) bond motifs is 2. The van der Waals surface area contributed by atoms with Gasteiger partial charge in [0.15, 0.2) is 0 Å². The van der Waals surface area contributed by atoms with E-state index in [1.54, 1.807) is 12.0 Å². The van der Waals surface area contributed by atoms with Gasteiger partial charge in [-0.3, -0.25) is 0 Å². The maximum atomic E-state index is 2.40. The molecule has 0 bridgehead atoms. The van der Waals surface area contributed by atoms with E-state index < -0.39 is 0 Å². The van der Waals surface area contributed by atoms with Gasteiger partial charge in [-0.25, -0.2) is 0 Å². The van der Waals surface area contributed by atoms with Crippen molar-refractivity contribution in [1.29, 1.82) is 0 Å². The summed E-state index contributed by atoms with van der Waals surface area (Å²) in [5, 5.41) is 0. The van der Waals surface area contributed by atoms with E-state index in [1.165, 1.54) is 38.5 Å². The van der Waals surface area contributed by atoms with Crippen LogP contribution in [-0.2, 0) is 0 Å². The molecule has 3 aliphatic carbocycles. The van der Waals surface area contributed by atoms with E-state index in [0.717, 1.165) is 29.6 Å². The Morgan fingerprint density at radius 2 is 1.33 bits per heavy atom. The molecule has 4 rings (SSSR count). The molecule has 3 fully saturated rings. The smallest absolute Gasteiger partial charge is 0.01000 e. The average Bonchev–Trinajstić information content (AvgIpc) is 3.04. The van der Waals surface area contributed by atoms with Crippen molar-refractivity contribution >= 4 is 0 Å². The van der Waals surface area contributed by atoms with Gasteiger partial charge < -0.3 is 0 Å². The van der Waals surface area contributed by atoms with Crippen molar-refractivity contribution in [3.8, 4) is 0 Å². The average molecular weight is 240 g/mol. The number of hydrogen-bond donors (Lipinski definition) is 0. The quantitative estimate of drug-likeness (QED) is 0.647. The van der Waals surface area contributed by atoms with Crippen LogP contribution in [0.2, 0.25) is 0 Å². The molecule has 0 saturated heterocycles. The first-order valence-electron chi connectivity index (χ1n) is 7.98. The van der Waals surface area contributed by atoms with Gasteiger partial charge in [0.05, 0.1) is 0 Å². The van der Waals surface area contributed by atoms with Crippen LogP contribution in [0.15, 0.2) is 30.3 Å². The third-order valence-electron chi connectivity index (χ3n) is 6.15. The van der Waals surface area contributed by atoms with Crippen LogP contribution in [0.5, 0.6) is 0 Å². The molecule has 0 radical (unpaired) electrons. The molecule has 0 nitrogen and oxygen atoms in total. The van der Waals surface area contributed by atoms with Crippen molar-refractivity contribution in [2.75, 3.05) is 0 Å². The molecule has 0 heteroatoms. The van der Waals surface area contributed by atoms with E-state index in [9.17, 15) is 0 Å². The van der Waals surface area contributed by atoms with Crippen LogP contribution < -0.4 is 0 Å². The number of benzene rings is 1. The molecular weight excluding hydrogens is 216 g/mol. The Hall–Kier alpha value is -0.780. The lowest BCUT2D eigenvalue weighted by molar-refractivity contribution is 0.122. The van der Waals surface area contributed by atoms with E-state index in [-0.39, 0.29) is 0 Å². The van der Waals surface area contributed by atoms with Crippen molar-refractivity contribution in [2.45, 2.75) is 50.9 Å². The van der Waals surface area contributed by atoms with Gasteiger partial charge in [0.2, 0.25) is 0 Å². The molecule has 5 atom stereocenters. The van der Waals surface area contributed by atoms with Gasteiger partial charge in [0.25, 0.3) is 0 Å². The topological polar surface area (TPSA) is 0 Å². The molecule has 1 aromatic rings. The van der Waals surface area contributed by atoms with Crippen molar-refractivity contribution in [3.05, 3.63) is 35.9 Å². The molecule has 0 spiro atoms. The van der Waals surface area contributed by atoms with Gasteiger partial charge in [0, 0.05) is 0 Å². The van der Waals surface area contributed by atoms with Crippen molar-refractivity contribution < 1.29 is 0 Å². The number of hydrogen-bond acceptors (Lipinski definition) is 0. The molecule has 96 valence electrons. The maximum absolute atomic E-state index is 2.40. The molecule has 1 aromatic carbocycles. The summed E-state index contributed by atoms with van der Waals surface area (Å²) in [6.45, 7) is 0. The lowest BCUT2D eigenvalue weighted by Gasteiger charge is -2.43. The summed E-state index contributed by atoms with van der Waals surface area (Å²) in [5.74, 6) is 5.07. The van der Waals surface area contributed by atoms with Gasteiger partial charge in [-0.05, 0) is 54.4 Å². The van der Waals surface area contributed by atoms with Crippen LogP contribution in [0.1, 0.15) is 56.4 Å². The SMILES string of the molecule is c1ccc(C2C3CCCC3CC3CCC[C@H]32)cc1. The Balaban J connectivity index is 1.72. The maximum Gasteiger partial charge on any atom is -0.01000 e. The largest absolute Gasteiger partial charge is 0.0622 e. The Bertz CT molecular complexity index is 387. The molecule has 0 heterocycles. The summed E-state index contributed by atoms with van der Waals surface area (Å²) < 4.78 is 0. The summed E-state index contributed by atoms with van der Waals surface area (Å²) in [7, 11) is 0. The summed E-state index contributed by atoms with van der Waals surface area (Å²) in [5.41, 5.74) is 1.66. The predicted octanol–water partition coefficient (Wildman–Crippen LogP) is 5.01. The highest BCUT2D eigenvalue weighted by Crippen LogP contribution is 2.58. The standard InChI is InChI=1S/C18H24/c1-2-6-13(7-3-1)18-16-10-4-8-14(16)12-15-9-5-11-17(15)18/h1-3,6-7,14-18H,4-5,8-12H2/t14?,15?,16-,17?,18?/m1/s1. The van der Waals surface area contributed by atoms with E-state index in [4.69, 9.17) is 0 Å². The second-order valence-electron chi connectivity index (χ2n) is 6.88. The molecule has 0 amide bonds. The van der Waals surface area contributed by atoms with E-state index >= 15 is 0 Å². The number of rotatable bonds is 1. The van der Waals surface area contributed by atoms with Crippen LogP contribution in [0.4, 0.5) is 0 Å². The second-order valence-corrected chi connectivity index (χ2v) is 6.88. The molecule has 4 unspecified atom stereocenters. The molecule has 3 saturated carbocycles. The first-order valence-corrected chi connectivity index (χ1v) is 7.98. The molecular formula is C18H24. The van der Waals surface area contributed by atoms with Crippen LogP contribution >= 0.6 is 0 Å². The minimum absolute atomic E-state index is 0.903. The fourth-order valence-corrected chi connectivity index (χ4v) is 5.54. The summed E-state index contributed by atoms with van der Waals surface area (Å²) in [6, 6.07) is 11.5. The molecule has 3 aliphatic rings. The van der Waals surface area contributed by atoms with Crippen LogP contribution in [0, 0.1) is 23.7 Å². The molecule has 0 N–H and O–H groups in total. The van der Waals surface area contributed by atoms with Crippen LogP contribution in [0.25, 0.3) is 0 Å².